The van der Waals surface area contributed by atoms with Gasteiger partial charge < -0.3 is 5.32 Å². The quantitative estimate of drug-likeness (QED) is 0.838. The minimum absolute atomic E-state index is 0.0583. The molecule has 0 saturated carbocycles. The number of hydrogen-bond acceptors (Lipinski definition) is 3. The summed E-state index contributed by atoms with van der Waals surface area (Å²) in [6, 6.07) is 7.91. The second kappa shape index (κ2) is 5.96. The van der Waals surface area contributed by atoms with Crippen LogP contribution in [-0.2, 0) is 4.79 Å². The summed E-state index contributed by atoms with van der Waals surface area (Å²) in [6.45, 7) is 3.93. The molecule has 22 heavy (non-hydrogen) atoms. The maximum atomic E-state index is 12.5. The van der Waals surface area contributed by atoms with Gasteiger partial charge in [0.05, 0.1) is 16.6 Å². The molecule has 0 bridgehead atoms. The van der Waals surface area contributed by atoms with Crippen molar-refractivity contribution in [3.05, 3.63) is 50.2 Å². The molecule has 2 heterocycles. The topological polar surface area (TPSA) is 66.9 Å². The maximum absolute atomic E-state index is 12.5. The number of aromatic nitrogens is 2. The normalized spacial score (nSPS) is 18.0. The van der Waals surface area contributed by atoms with Crippen molar-refractivity contribution in [2.75, 3.05) is 11.1 Å². The number of benzene rings is 1. The average Bonchev–Trinajstić information content (AvgIpc) is 2.67. The summed E-state index contributed by atoms with van der Waals surface area (Å²) >= 11 is 4.93. The van der Waals surface area contributed by atoms with E-state index in [9.17, 15) is 9.59 Å². The van der Waals surface area contributed by atoms with E-state index < -0.39 is 0 Å². The third-order valence-corrected chi connectivity index (χ3v) is 5.29. The number of halogens is 1. The Labute approximate surface area is 140 Å². The Kier molecular flexibility index (Phi) is 4.18. The molecule has 0 fully saturated rings. The van der Waals surface area contributed by atoms with E-state index in [0.717, 1.165) is 10.0 Å². The SMILES string of the molecule is CC(C)n1[nH]c(=O)c2c1NC(=O)CS[C@@H]2c1cccc(Br)c1. The second-order valence-electron chi connectivity index (χ2n) is 5.46. The molecule has 0 radical (unpaired) electrons. The van der Waals surface area contributed by atoms with Crippen molar-refractivity contribution in [3.63, 3.8) is 0 Å². The van der Waals surface area contributed by atoms with E-state index in [2.05, 4.69) is 26.3 Å². The summed E-state index contributed by atoms with van der Waals surface area (Å²) in [7, 11) is 0. The minimum atomic E-state index is -0.171. The van der Waals surface area contributed by atoms with E-state index in [-0.39, 0.29) is 22.8 Å². The lowest BCUT2D eigenvalue weighted by molar-refractivity contribution is -0.113. The van der Waals surface area contributed by atoms with Crippen LogP contribution in [0.25, 0.3) is 0 Å². The lowest BCUT2D eigenvalue weighted by Crippen LogP contribution is -2.17. The first-order valence-corrected chi connectivity index (χ1v) is 8.83. The van der Waals surface area contributed by atoms with Gasteiger partial charge in [-0.3, -0.25) is 19.4 Å². The van der Waals surface area contributed by atoms with Gasteiger partial charge in [0.15, 0.2) is 0 Å². The highest BCUT2D eigenvalue weighted by Crippen LogP contribution is 2.40. The standard InChI is InChI=1S/C15H16BrN3O2S/c1-8(2)19-14-12(15(21)18-19)13(22-7-11(20)17-14)9-4-3-5-10(16)6-9/h3-6,8,13H,7H2,1-2H3,(H,17,20)(H,18,21)/t13-/m1/s1. The highest BCUT2D eigenvalue weighted by Gasteiger charge is 2.30. The van der Waals surface area contributed by atoms with Crippen molar-refractivity contribution in [2.45, 2.75) is 25.1 Å². The van der Waals surface area contributed by atoms with Crippen LogP contribution in [0, 0.1) is 0 Å². The molecule has 3 rings (SSSR count). The first-order valence-electron chi connectivity index (χ1n) is 6.98. The number of aromatic amines is 1. The first kappa shape index (κ1) is 15.4. The largest absolute Gasteiger partial charge is 0.310 e. The predicted octanol–water partition coefficient (Wildman–Crippen LogP) is 3.29. The van der Waals surface area contributed by atoms with Gasteiger partial charge in [-0.05, 0) is 31.5 Å². The number of carbonyl (C=O) groups excluding carboxylic acids is 1. The number of nitrogens with zero attached hydrogens (tertiary/aromatic N) is 1. The molecule has 7 heteroatoms. The summed E-state index contributed by atoms with van der Waals surface area (Å²) in [5.74, 6) is 0.820. The number of H-pyrrole nitrogens is 1. The molecule has 1 aliphatic rings. The smallest absolute Gasteiger partial charge is 0.270 e. The Hall–Kier alpha value is -1.47. The lowest BCUT2D eigenvalue weighted by atomic mass is 10.1. The fourth-order valence-corrected chi connectivity index (χ4v) is 4.10. The van der Waals surface area contributed by atoms with E-state index >= 15 is 0 Å². The van der Waals surface area contributed by atoms with Gasteiger partial charge in [0.2, 0.25) is 5.91 Å². The van der Waals surface area contributed by atoms with Crippen LogP contribution in [0.1, 0.15) is 36.3 Å². The Morgan fingerprint density at radius 2 is 2.14 bits per heavy atom. The Bertz CT molecular complexity index is 781. The molecule has 1 aromatic carbocycles. The van der Waals surface area contributed by atoms with Gasteiger partial charge >= 0.3 is 0 Å². The molecule has 2 N–H and O–H groups in total. The van der Waals surface area contributed by atoms with Crippen molar-refractivity contribution >= 4 is 39.4 Å². The summed E-state index contributed by atoms with van der Waals surface area (Å²) < 4.78 is 2.68. The molecule has 116 valence electrons. The highest BCUT2D eigenvalue weighted by atomic mass is 79.9. The van der Waals surface area contributed by atoms with Crippen LogP contribution < -0.4 is 10.9 Å². The van der Waals surface area contributed by atoms with Crippen molar-refractivity contribution in [2.24, 2.45) is 0 Å². The summed E-state index contributed by atoms with van der Waals surface area (Å²) in [5.41, 5.74) is 1.47. The number of carbonyl (C=O) groups is 1. The van der Waals surface area contributed by atoms with E-state index in [1.165, 1.54) is 11.8 Å². The molecular weight excluding hydrogens is 366 g/mol. The van der Waals surface area contributed by atoms with Crippen LogP contribution >= 0.6 is 27.7 Å². The molecule has 0 unspecified atom stereocenters. The molecule has 0 saturated heterocycles. The molecule has 1 atom stereocenters. The predicted molar refractivity (Wildman–Crippen MR) is 92.5 cm³/mol. The van der Waals surface area contributed by atoms with Gasteiger partial charge in [0.1, 0.15) is 5.82 Å². The fourth-order valence-electron chi connectivity index (χ4n) is 2.56. The molecular formula is C15H16BrN3O2S. The number of hydrogen-bond donors (Lipinski definition) is 2. The van der Waals surface area contributed by atoms with Gasteiger partial charge in [-0.15, -0.1) is 11.8 Å². The molecule has 2 aromatic rings. The van der Waals surface area contributed by atoms with E-state index in [1.54, 1.807) is 4.68 Å². The number of anilines is 1. The zero-order chi connectivity index (χ0) is 15.9. The first-order chi connectivity index (χ1) is 10.5. The number of nitrogens with one attached hydrogen (secondary N) is 2. The molecule has 5 nitrogen and oxygen atoms in total. The van der Waals surface area contributed by atoms with Crippen molar-refractivity contribution < 1.29 is 4.79 Å². The van der Waals surface area contributed by atoms with Crippen LogP contribution in [0.4, 0.5) is 5.82 Å². The molecule has 1 aromatic heterocycles. The Balaban J connectivity index is 2.19. The number of amides is 1. The number of thioether (sulfide) groups is 1. The van der Waals surface area contributed by atoms with Crippen molar-refractivity contribution in [1.29, 1.82) is 0 Å². The van der Waals surface area contributed by atoms with Gasteiger partial charge in [0, 0.05) is 10.5 Å². The van der Waals surface area contributed by atoms with Crippen molar-refractivity contribution in [3.8, 4) is 0 Å². The van der Waals surface area contributed by atoms with Crippen LogP contribution in [0.15, 0.2) is 33.5 Å². The average molecular weight is 382 g/mol. The zero-order valence-corrected chi connectivity index (χ0v) is 14.6. The van der Waals surface area contributed by atoms with Gasteiger partial charge in [0.25, 0.3) is 5.56 Å². The third-order valence-electron chi connectivity index (χ3n) is 3.53. The fraction of sp³-hybridized carbons (Fsp3) is 0.333. The zero-order valence-electron chi connectivity index (χ0n) is 12.2. The monoisotopic (exact) mass is 381 g/mol. The van der Waals surface area contributed by atoms with Crippen LogP contribution in [-0.4, -0.2) is 21.4 Å². The van der Waals surface area contributed by atoms with Gasteiger partial charge in [-0.25, -0.2) is 0 Å². The molecule has 1 amide bonds. The van der Waals surface area contributed by atoms with Gasteiger partial charge in [-0.2, -0.15) is 0 Å². The molecule has 1 aliphatic heterocycles. The summed E-state index contributed by atoms with van der Waals surface area (Å²) in [6.07, 6.45) is 0. The maximum Gasteiger partial charge on any atom is 0.270 e. The van der Waals surface area contributed by atoms with E-state index in [4.69, 9.17) is 0 Å². The van der Waals surface area contributed by atoms with E-state index in [1.807, 2.05) is 38.1 Å². The minimum Gasteiger partial charge on any atom is -0.310 e. The van der Waals surface area contributed by atoms with E-state index in [0.29, 0.717) is 17.1 Å². The lowest BCUT2D eigenvalue weighted by Gasteiger charge is -2.15. The van der Waals surface area contributed by atoms with Crippen LogP contribution in [0.2, 0.25) is 0 Å². The van der Waals surface area contributed by atoms with Gasteiger partial charge in [-0.1, -0.05) is 28.1 Å². The van der Waals surface area contributed by atoms with Crippen LogP contribution in [0.3, 0.4) is 0 Å². The second-order valence-corrected chi connectivity index (χ2v) is 7.47. The highest BCUT2D eigenvalue weighted by molar-refractivity contribution is 9.10. The summed E-state index contributed by atoms with van der Waals surface area (Å²) in [5, 5.41) is 5.54. The Morgan fingerprint density at radius 3 is 2.82 bits per heavy atom. The third kappa shape index (κ3) is 2.75. The molecule has 0 spiro atoms. The summed E-state index contributed by atoms with van der Waals surface area (Å²) in [4.78, 5) is 24.5. The van der Waals surface area contributed by atoms with Crippen LogP contribution in [0.5, 0.6) is 0 Å². The molecule has 0 aliphatic carbocycles. The number of fused-ring (bicyclic) bond motifs is 1. The number of rotatable bonds is 2. The Morgan fingerprint density at radius 1 is 1.36 bits per heavy atom. The van der Waals surface area contributed by atoms with Crippen molar-refractivity contribution in [1.82, 2.24) is 9.78 Å².